The Kier molecular flexibility index (Phi) is 11.8. The van der Waals surface area contributed by atoms with E-state index in [1.165, 1.54) is 0 Å². The summed E-state index contributed by atoms with van der Waals surface area (Å²) in [6, 6.07) is 0. The molecule has 0 aliphatic carbocycles. The standard InChI is InChI=1S/3CH3O.Al.Li.H/c3*1-2;;;/h3*1H3;;;/q3*-1;+3;;. The first-order valence-corrected chi connectivity index (χ1v) is 3.35. The van der Waals surface area contributed by atoms with Gasteiger partial charge in [0.1, 0.15) is 0 Å². The third-order valence-corrected chi connectivity index (χ3v) is 1.73. The summed E-state index contributed by atoms with van der Waals surface area (Å²) >= 11 is -1.67. The minimum atomic E-state index is -1.67. The molecule has 0 radical (unpaired) electrons. The van der Waals surface area contributed by atoms with Gasteiger partial charge in [-0.2, -0.15) is 0 Å². The molecular weight excluding hydrogens is 118 g/mol. The van der Waals surface area contributed by atoms with Gasteiger partial charge in [0.05, 0.1) is 0 Å². The van der Waals surface area contributed by atoms with E-state index in [-0.39, 0.29) is 18.9 Å². The minimum absolute atomic E-state index is 0. The number of hydrogen-bond acceptors (Lipinski definition) is 3. The van der Waals surface area contributed by atoms with Crippen LogP contribution in [-0.4, -0.2) is 55.3 Å². The van der Waals surface area contributed by atoms with Gasteiger partial charge in [-0.25, -0.2) is 0 Å². The second-order valence-electron chi connectivity index (χ2n) is 0.996. The van der Waals surface area contributed by atoms with Crippen LogP contribution < -0.4 is 0 Å². The van der Waals surface area contributed by atoms with Crippen molar-refractivity contribution < 1.29 is 11.4 Å². The maximum atomic E-state index is 4.74. The van der Waals surface area contributed by atoms with Gasteiger partial charge in [0.25, 0.3) is 0 Å². The van der Waals surface area contributed by atoms with Crippen molar-refractivity contribution in [1.82, 2.24) is 0 Å². The molecule has 3 nitrogen and oxygen atoms in total. The molecule has 0 aliphatic heterocycles. The van der Waals surface area contributed by atoms with Gasteiger partial charge in [0, 0.05) is 21.3 Å². The molecule has 0 aromatic heterocycles. The fraction of sp³-hybridized carbons (Fsp3) is 1.00. The molecule has 0 saturated carbocycles. The van der Waals surface area contributed by atoms with Crippen LogP contribution in [-0.2, 0) is 11.4 Å². The van der Waals surface area contributed by atoms with E-state index in [2.05, 4.69) is 0 Å². The third-order valence-electron chi connectivity index (χ3n) is 0.577. The zero-order valence-electron chi connectivity index (χ0n) is 4.80. The van der Waals surface area contributed by atoms with Crippen LogP contribution in [0.3, 0.4) is 0 Å². The van der Waals surface area contributed by atoms with E-state index in [4.69, 9.17) is 11.4 Å². The van der Waals surface area contributed by atoms with Crippen molar-refractivity contribution in [2.45, 2.75) is 0 Å². The van der Waals surface area contributed by atoms with Crippen molar-refractivity contribution in [3.05, 3.63) is 0 Å². The molecule has 0 fully saturated rings. The average molecular weight is 128 g/mol. The Balaban J connectivity index is 0. The van der Waals surface area contributed by atoms with Gasteiger partial charge in [0.2, 0.25) is 0 Å². The molecule has 0 aliphatic rings. The van der Waals surface area contributed by atoms with E-state index in [1.807, 2.05) is 0 Å². The number of hydrogen-bond donors (Lipinski definition) is 0. The van der Waals surface area contributed by atoms with Gasteiger partial charge >= 0.3 is 34.0 Å². The summed E-state index contributed by atoms with van der Waals surface area (Å²) in [6.07, 6.45) is 0. The second kappa shape index (κ2) is 8.01. The van der Waals surface area contributed by atoms with Crippen molar-refractivity contribution >= 4 is 34.0 Å². The molecule has 0 heterocycles. The van der Waals surface area contributed by atoms with Crippen LogP contribution in [0.4, 0.5) is 0 Å². The molecule has 0 N–H and O–H groups in total. The fourth-order valence-electron chi connectivity index (χ4n) is 0.289. The molecule has 0 bridgehead atoms. The summed E-state index contributed by atoms with van der Waals surface area (Å²) < 4.78 is 14.2. The SMILES string of the molecule is C[O][Al]([O]C)[O]C.[LiH]. The van der Waals surface area contributed by atoms with Crippen molar-refractivity contribution in [3.63, 3.8) is 0 Å². The van der Waals surface area contributed by atoms with Crippen LogP contribution in [0.5, 0.6) is 0 Å². The molecule has 0 spiro atoms. The van der Waals surface area contributed by atoms with Gasteiger partial charge in [-0.15, -0.1) is 0 Å². The topological polar surface area (TPSA) is 27.7 Å². The quantitative estimate of drug-likeness (QED) is 0.468. The van der Waals surface area contributed by atoms with Gasteiger partial charge in [-0.1, -0.05) is 0 Å². The molecule has 5 heteroatoms. The molecule has 0 atom stereocenters. The normalized spacial score (nSPS) is 7.88. The van der Waals surface area contributed by atoms with E-state index < -0.39 is 15.1 Å². The molecule has 44 valence electrons. The Bertz CT molecular complexity index is 36.0. The molecule has 0 aromatic carbocycles. The van der Waals surface area contributed by atoms with Gasteiger partial charge in [-0.3, -0.25) is 0 Å². The van der Waals surface area contributed by atoms with E-state index in [0.29, 0.717) is 0 Å². The van der Waals surface area contributed by atoms with Gasteiger partial charge < -0.3 is 11.4 Å². The first kappa shape index (κ1) is 11.8. The molecule has 0 rings (SSSR count). The fourth-order valence-corrected chi connectivity index (χ4v) is 0.866. The Morgan fingerprint density at radius 2 is 1.12 bits per heavy atom. The Labute approximate surface area is 66.9 Å². The predicted molar refractivity (Wildman–Crippen MR) is 33.9 cm³/mol. The average Bonchev–Trinajstić information content (AvgIpc) is 1.72. The van der Waals surface area contributed by atoms with E-state index in [0.717, 1.165) is 0 Å². The van der Waals surface area contributed by atoms with Gasteiger partial charge in [-0.05, 0) is 0 Å². The first-order chi connectivity index (χ1) is 3.35. The summed E-state index contributed by atoms with van der Waals surface area (Å²) in [5.41, 5.74) is 0. The zero-order valence-corrected chi connectivity index (χ0v) is 5.96. The van der Waals surface area contributed by atoms with Crippen molar-refractivity contribution in [2.75, 3.05) is 21.3 Å². The Hall–Kier alpha value is 1.01. The zero-order chi connectivity index (χ0) is 5.70. The summed E-state index contributed by atoms with van der Waals surface area (Å²) in [6.45, 7) is 0. The van der Waals surface area contributed by atoms with Crippen LogP contribution in [0.15, 0.2) is 0 Å². The summed E-state index contributed by atoms with van der Waals surface area (Å²) in [5.74, 6) is 0. The van der Waals surface area contributed by atoms with E-state index >= 15 is 0 Å². The first-order valence-electron chi connectivity index (χ1n) is 1.93. The third kappa shape index (κ3) is 5.15. The predicted octanol–water partition coefficient (Wildman–Crippen LogP) is -0.738. The van der Waals surface area contributed by atoms with Crippen LogP contribution in [0.2, 0.25) is 0 Å². The van der Waals surface area contributed by atoms with Crippen molar-refractivity contribution in [3.8, 4) is 0 Å². The Morgan fingerprint density at radius 1 is 0.875 bits per heavy atom. The summed E-state index contributed by atoms with van der Waals surface area (Å²) in [7, 11) is 4.72. The Morgan fingerprint density at radius 3 is 1.12 bits per heavy atom. The monoisotopic (exact) mass is 128 g/mol. The van der Waals surface area contributed by atoms with Gasteiger partial charge in [0.15, 0.2) is 0 Å². The van der Waals surface area contributed by atoms with E-state index in [9.17, 15) is 0 Å². The van der Waals surface area contributed by atoms with Crippen LogP contribution in [0.25, 0.3) is 0 Å². The number of rotatable bonds is 3. The van der Waals surface area contributed by atoms with E-state index in [1.54, 1.807) is 21.3 Å². The molecule has 8 heavy (non-hydrogen) atoms. The molecule has 0 saturated heterocycles. The van der Waals surface area contributed by atoms with Crippen LogP contribution in [0, 0.1) is 0 Å². The van der Waals surface area contributed by atoms with Crippen molar-refractivity contribution in [2.24, 2.45) is 0 Å². The van der Waals surface area contributed by atoms with Crippen LogP contribution >= 0.6 is 0 Å². The van der Waals surface area contributed by atoms with Crippen LogP contribution in [0.1, 0.15) is 0 Å². The molecule has 0 aromatic rings. The molecule has 0 amide bonds. The molecular formula is C3H10AlLiO3. The summed E-state index contributed by atoms with van der Waals surface area (Å²) in [5, 5.41) is 0. The second-order valence-corrected chi connectivity index (χ2v) is 2.99. The summed E-state index contributed by atoms with van der Waals surface area (Å²) in [4.78, 5) is 0. The molecule has 0 unspecified atom stereocenters. The maximum absolute atomic E-state index is 4.74. The van der Waals surface area contributed by atoms with Crippen molar-refractivity contribution in [1.29, 1.82) is 0 Å².